The summed E-state index contributed by atoms with van der Waals surface area (Å²) < 4.78 is 0. The third-order valence-corrected chi connectivity index (χ3v) is 6.02. The van der Waals surface area contributed by atoms with Crippen LogP contribution in [-0.4, -0.2) is 24.8 Å². The van der Waals surface area contributed by atoms with Gasteiger partial charge in [0.2, 0.25) is 0 Å². The number of hydrogen-bond donors (Lipinski definition) is 0. The van der Waals surface area contributed by atoms with Gasteiger partial charge >= 0.3 is 0 Å². The van der Waals surface area contributed by atoms with Crippen molar-refractivity contribution in [2.45, 2.75) is 116 Å². The lowest BCUT2D eigenvalue weighted by Crippen LogP contribution is -2.19. The van der Waals surface area contributed by atoms with Gasteiger partial charge in [0, 0.05) is 12.1 Å². The van der Waals surface area contributed by atoms with Gasteiger partial charge in [0.05, 0.1) is 0 Å². The van der Waals surface area contributed by atoms with Crippen molar-refractivity contribution in [1.82, 2.24) is 4.90 Å². The standard InChI is InChI=1S/C27H47NO/c1-3-4-5-6-7-8-9-10-11-12-13-14-15-16-17-20-23-28(2)24-26-21-18-19-22-27(26)25-29/h18-19,21-22,25H,3-17,20,23-24H2,1-2H3. The molecular formula is C27H47NO. The van der Waals surface area contributed by atoms with Crippen molar-refractivity contribution >= 4 is 6.29 Å². The minimum Gasteiger partial charge on any atom is -0.302 e. The molecule has 1 rings (SSSR count). The fourth-order valence-corrected chi connectivity index (χ4v) is 4.09. The number of unbranched alkanes of at least 4 members (excludes halogenated alkanes) is 15. The molecule has 0 saturated heterocycles. The van der Waals surface area contributed by atoms with Gasteiger partial charge in [-0.25, -0.2) is 0 Å². The van der Waals surface area contributed by atoms with Crippen molar-refractivity contribution in [2.75, 3.05) is 13.6 Å². The Hall–Kier alpha value is -1.15. The summed E-state index contributed by atoms with van der Waals surface area (Å²) in [6, 6.07) is 7.92. The Bertz CT molecular complexity index is 499. The van der Waals surface area contributed by atoms with Crippen molar-refractivity contribution in [3.05, 3.63) is 35.4 Å². The van der Waals surface area contributed by atoms with E-state index in [9.17, 15) is 4.79 Å². The van der Waals surface area contributed by atoms with Crippen molar-refractivity contribution in [3.8, 4) is 0 Å². The number of nitrogens with zero attached hydrogens (tertiary/aromatic N) is 1. The van der Waals surface area contributed by atoms with Gasteiger partial charge in [-0.3, -0.25) is 4.79 Å². The molecule has 0 aliphatic rings. The monoisotopic (exact) mass is 401 g/mol. The summed E-state index contributed by atoms with van der Waals surface area (Å²) in [4.78, 5) is 13.4. The Morgan fingerprint density at radius 1 is 0.690 bits per heavy atom. The molecular weight excluding hydrogens is 354 g/mol. The van der Waals surface area contributed by atoms with Crippen molar-refractivity contribution in [2.24, 2.45) is 0 Å². The quantitative estimate of drug-likeness (QED) is 0.162. The fourth-order valence-electron chi connectivity index (χ4n) is 4.09. The van der Waals surface area contributed by atoms with Crippen molar-refractivity contribution in [1.29, 1.82) is 0 Å². The molecule has 0 bridgehead atoms. The molecule has 0 heterocycles. The van der Waals surface area contributed by atoms with Gasteiger partial charge in [-0.15, -0.1) is 0 Å². The van der Waals surface area contributed by atoms with Crippen LogP contribution in [0.4, 0.5) is 0 Å². The summed E-state index contributed by atoms with van der Waals surface area (Å²) in [5.41, 5.74) is 1.97. The molecule has 2 nitrogen and oxygen atoms in total. The van der Waals surface area contributed by atoms with E-state index >= 15 is 0 Å². The van der Waals surface area contributed by atoms with E-state index in [1.165, 1.54) is 103 Å². The zero-order valence-electron chi connectivity index (χ0n) is 19.5. The second-order valence-corrected chi connectivity index (χ2v) is 8.86. The normalized spacial score (nSPS) is 11.3. The topological polar surface area (TPSA) is 20.3 Å². The zero-order chi connectivity index (χ0) is 21.0. The Morgan fingerprint density at radius 2 is 1.14 bits per heavy atom. The molecule has 0 N–H and O–H groups in total. The maximum absolute atomic E-state index is 11.1. The lowest BCUT2D eigenvalue weighted by molar-refractivity contribution is 0.112. The summed E-state index contributed by atoms with van der Waals surface area (Å²) in [6.45, 7) is 4.27. The molecule has 166 valence electrons. The minimum atomic E-state index is 0.825. The summed E-state index contributed by atoms with van der Waals surface area (Å²) in [5.74, 6) is 0. The molecule has 1 aromatic carbocycles. The maximum atomic E-state index is 11.1. The number of aldehydes is 1. The minimum absolute atomic E-state index is 0.825. The SMILES string of the molecule is CCCCCCCCCCCCCCCCCCN(C)Cc1ccccc1C=O. The van der Waals surface area contributed by atoms with E-state index in [1.807, 2.05) is 18.2 Å². The highest BCUT2D eigenvalue weighted by Crippen LogP contribution is 2.14. The molecule has 0 fully saturated rings. The highest BCUT2D eigenvalue weighted by atomic mass is 16.1. The number of carbonyl (C=O) groups excluding carboxylic acids is 1. The molecule has 0 aliphatic carbocycles. The first kappa shape index (κ1) is 25.9. The molecule has 0 unspecified atom stereocenters. The average Bonchev–Trinajstić information content (AvgIpc) is 2.74. The van der Waals surface area contributed by atoms with Crippen molar-refractivity contribution < 1.29 is 4.79 Å². The van der Waals surface area contributed by atoms with Crippen LogP contribution in [0.2, 0.25) is 0 Å². The van der Waals surface area contributed by atoms with E-state index < -0.39 is 0 Å². The number of hydrogen-bond acceptors (Lipinski definition) is 2. The summed E-state index contributed by atoms with van der Waals surface area (Å²) >= 11 is 0. The van der Waals surface area contributed by atoms with Crippen LogP contribution in [0.1, 0.15) is 126 Å². The van der Waals surface area contributed by atoms with Crippen LogP contribution >= 0.6 is 0 Å². The number of rotatable bonds is 20. The van der Waals surface area contributed by atoms with E-state index in [1.54, 1.807) is 0 Å². The van der Waals surface area contributed by atoms with E-state index in [2.05, 4.69) is 24.9 Å². The zero-order valence-corrected chi connectivity index (χ0v) is 19.5. The fraction of sp³-hybridized carbons (Fsp3) is 0.741. The average molecular weight is 402 g/mol. The van der Waals surface area contributed by atoms with Gasteiger partial charge < -0.3 is 4.90 Å². The summed E-state index contributed by atoms with van der Waals surface area (Å²) in [5, 5.41) is 0. The second-order valence-electron chi connectivity index (χ2n) is 8.86. The molecule has 0 saturated carbocycles. The van der Waals surface area contributed by atoms with Gasteiger partial charge in [0.1, 0.15) is 6.29 Å². The third-order valence-electron chi connectivity index (χ3n) is 6.02. The first-order chi connectivity index (χ1) is 14.3. The van der Waals surface area contributed by atoms with E-state index in [-0.39, 0.29) is 0 Å². The Kier molecular flexibility index (Phi) is 16.8. The van der Waals surface area contributed by atoms with Gasteiger partial charge in [-0.05, 0) is 25.6 Å². The molecule has 0 aromatic heterocycles. The van der Waals surface area contributed by atoms with E-state index in [0.717, 1.165) is 30.5 Å². The number of benzene rings is 1. The first-order valence-corrected chi connectivity index (χ1v) is 12.5. The highest BCUT2D eigenvalue weighted by Gasteiger charge is 2.04. The van der Waals surface area contributed by atoms with Gasteiger partial charge in [-0.1, -0.05) is 128 Å². The van der Waals surface area contributed by atoms with Crippen LogP contribution in [-0.2, 0) is 6.54 Å². The molecule has 29 heavy (non-hydrogen) atoms. The van der Waals surface area contributed by atoms with Crippen molar-refractivity contribution in [3.63, 3.8) is 0 Å². The third kappa shape index (κ3) is 14.5. The molecule has 0 atom stereocenters. The predicted octanol–water partition coefficient (Wildman–Crippen LogP) is 8.19. The van der Waals surface area contributed by atoms with Crippen LogP contribution in [0.25, 0.3) is 0 Å². The van der Waals surface area contributed by atoms with Crippen LogP contribution in [0.3, 0.4) is 0 Å². The summed E-state index contributed by atoms with van der Waals surface area (Å²) in [6.07, 6.45) is 23.6. The molecule has 0 amide bonds. The van der Waals surface area contributed by atoms with E-state index in [4.69, 9.17) is 0 Å². The van der Waals surface area contributed by atoms with Gasteiger partial charge in [0.25, 0.3) is 0 Å². The Morgan fingerprint density at radius 3 is 1.62 bits per heavy atom. The first-order valence-electron chi connectivity index (χ1n) is 12.5. The lowest BCUT2D eigenvalue weighted by Gasteiger charge is -2.17. The van der Waals surface area contributed by atoms with Crippen LogP contribution in [0.15, 0.2) is 24.3 Å². The smallest absolute Gasteiger partial charge is 0.150 e. The highest BCUT2D eigenvalue weighted by molar-refractivity contribution is 5.77. The molecule has 0 radical (unpaired) electrons. The largest absolute Gasteiger partial charge is 0.302 e. The van der Waals surface area contributed by atoms with Crippen LogP contribution in [0, 0.1) is 0 Å². The maximum Gasteiger partial charge on any atom is 0.150 e. The lowest BCUT2D eigenvalue weighted by atomic mass is 10.0. The molecule has 0 spiro atoms. The second kappa shape index (κ2) is 18.9. The molecule has 1 aromatic rings. The number of carbonyl (C=O) groups is 1. The Balaban J connectivity index is 1.84. The Labute approximate surface area is 181 Å². The predicted molar refractivity (Wildman–Crippen MR) is 128 cm³/mol. The van der Waals surface area contributed by atoms with Crippen LogP contribution in [0.5, 0.6) is 0 Å². The van der Waals surface area contributed by atoms with Gasteiger partial charge in [-0.2, -0.15) is 0 Å². The van der Waals surface area contributed by atoms with Gasteiger partial charge in [0.15, 0.2) is 0 Å². The molecule has 0 aliphatic heterocycles. The molecule has 2 heteroatoms. The van der Waals surface area contributed by atoms with Crippen LogP contribution < -0.4 is 0 Å². The van der Waals surface area contributed by atoms with E-state index in [0.29, 0.717) is 0 Å². The summed E-state index contributed by atoms with van der Waals surface area (Å²) in [7, 11) is 2.16.